The fraction of sp³-hybridized carbons (Fsp3) is 0.387. The van der Waals surface area contributed by atoms with Crippen LogP contribution in [0.3, 0.4) is 0 Å². The van der Waals surface area contributed by atoms with E-state index in [1.54, 1.807) is 17.1 Å². The van der Waals surface area contributed by atoms with Crippen LogP contribution in [0.25, 0.3) is 0 Å². The molecule has 2 atom stereocenters. The van der Waals surface area contributed by atoms with Crippen LogP contribution < -0.4 is 5.32 Å². The second kappa shape index (κ2) is 18.5. The predicted molar refractivity (Wildman–Crippen MR) is 150 cm³/mol. The van der Waals surface area contributed by atoms with Crippen molar-refractivity contribution in [3.05, 3.63) is 97.1 Å². The number of carbonyl (C=O) groups excluding carboxylic acids is 3. The molecule has 0 saturated carbocycles. The summed E-state index contributed by atoms with van der Waals surface area (Å²) < 4.78 is 11.2. The number of hydrogen-bond acceptors (Lipinski definition) is 6. The lowest BCUT2D eigenvalue weighted by atomic mass is 9.98. The molecule has 39 heavy (non-hydrogen) atoms. The number of esters is 1. The topological polar surface area (TPSA) is 105 Å². The zero-order valence-corrected chi connectivity index (χ0v) is 22.5. The Labute approximate surface area is 231 Å². The van der Waals surface area contributed by atoms with E-state index in [1.165, 1.54) is 0 Å². The first-order valence-corrected chi connectivity index (χ1v) is 13.2. The molecule has 2 aromatic rings. The second-order valence-corrected chi connectivity index (χ2v) is 9.17. The molecule has 0 aromatic heterocycles. The molecule has 2 aromatic carbocycles. The Morgan fingerprint density at radius 1 is 0.949 bits per heavy atom. The van der Waals surface area contributed by atoms with Crippen molar-refractivity contribution < 1.29 is 29.0 Å². The van der Waals surface area contributed by atoms with Crippen LogP contribution in [0.5, 0.6) is 0 Å². The Hall–Kier alpha value is -3.75. The lowest BCUT2D eigenvalue weighted by molar-refractivity contribution is -0.146. The van der Waals surface area contributed by atoms with Crippen molar-refractivity contribution in [2.24, 2.45) is 5.92 Å². The zero-order chi connectivity index (χ0) is 28.3. The average molecular weight is 537 g/mol. The van der Waals surface area contributed by atoms with E-state index in [4.69, 9.17) is 9.47 Å². The van der Waals surface area contributed by atoms with Gasteiger partial charge in [0.15, 0.2) is 0 Å². The molecule has 210 valence electrons. The molecule has 8 nitrogen and oxygen atoms in total. The first kappa shape index (κ1) is 31.5. The third-order valence-corrected chi connectivity index (χ3v) is 5.96. The summed E-state index contributed by atoms with van der Waals surface area (Å²) in [6.07, 6.45) is 4.16. The van der Waals surface area contributed by atoms with Crippen molar-refractivity contribution in [1.29, 1.82) is 0 Å². The van der Waals surface area contributed by atoms with Gasteiger partial charge < -0.3 is 24.8 Å². The molecule has 2 amide bonds. The van der Waals surface area contributed by atoms with Gasteiger partial charge in [-0.2, -0.15) is 0 Å². The van der Waals surface area contributed by atoms with Crippen LogP contribution in [-0.2, 0) is 37.0 Å². The lowest BCUT2D eigenvalue weighted by Crippen LogP contribution is -2.46. The van der Waals surface area contributed by atoms with Gasteiger partial charge in [-0.3, -0.25) is 14.4 Å². The monoisotopic (exact) mass is 536 g/mol. The third kappa shape index (κ3) is 12.6. The number of carbonyl (C=O) groups is 3. The highest BCUT2D eigenvalue weighted by Gasteiger charge is 2.26. The largest absolute Gasteiger partial charge is 0.463 e. The number of rotatable bonds is 19. The summed E-state index contributed by atoms with van der Waals surface area (Å²) in [5.41, 5.74) is 1.90. The summed E-state index contributed by atoms with van der Waals surface area (Å²) in [6, 6.07) is 18.5. The van der Waals surface area contributed by atoms with Crippen LogP contribution >= 0.6 is 0 Å². The quantitative estimate of drug-likeness (QED) is 0.209. The fourth-order valence-corrected chi connectivity index (χ4v) is 3.87. The van der Waals surface area contributed by atoms with Gasteiger partial charge in [0.1, 0.15) is 6.61 Å². The van der Waals surface area contributed by atoms with Gasteiger partial charge in [-0.15, -0.1) is 13.2 Å². The number of benzene rings is 2. The molecule has 0 aliphatic heterocycles. The van der Waals surface area contributed by atoms with Gasteiger partial charge in [-0.25, -0.2) is 0 Å². The van der Waals surface area contributed by atoms with E-state index in [9.17, 15) is 19.5 Å². The van der Waals surface area contributed by atoms with Crippen LogP contribution in [0, 0.1) is 5.92 Å². The molecule has 2 rings (SSSR count). The molecule has 8 heteroatoms. The summed E-state index contributed by atoms with van der Waals surface area (Å²) in [6.45, 7) is 8.05. The lowest BCUT2D eigenvalue weighted by Gasteiger charge is -2.26. The Balaban J connectivity index is 2.04. The molecule has 2 N–H and O–H groups in total. The number of aliphatic hydroxyl groups is 1. The van der Waals surface area contributed by atoms with Crippen LogP contribution in [0.1, 0.15) is 36.8 Å². The van der Waals surface area contributed by atoms with Crippen LogP contribution in [0.2, 0.25) is 0 Å². The van der Waals surface area contributed by atoms with Gasteiger partial charge in [0.2, 0.25) is 11.8 Å². The third-order valence-electron chi connectivity index (χ3n) is 5.96. The number of hydrogen-bond donors (Lipinski definition) is 2. The van der Waals surface area contributed by atoms with E-state index in [-0.39, 0.29) is 57.4 Å². The molecule has 0 saturated heterocycles. The van der Waals surface area contributed by atoms with Crippen molar-refractivity contribution in [2.45, 2.75) is 44.9 Å². The number of amides is 2. The van der Waals surface area contributed by atoms with E-state index in [0.717, 1.165) is 11.1 Å². The molecule has 0 spiro atoms. The van der Waals surface area contributed by atoms with E-state index in [1.807, 2.05) is 60.7 Å². The highest BCUT2D eigenvalue weighted by molar-refractivity contribution is 5.86. The smallest absolute Gasteiger partial charge is 0.306 e. The highest BCUT2D eigenvalue weighted by Crippen LogP contribution is 2.15. The zero-order valence-electron chi connectivity index (χ0n) is 22.5. The maximum atomic E-state index is 13.3. The maximum absolute atomic E-state index is 13.3. The van der Waals surface area contributed by atoms with Gasteiger partial charge in [-0.1, -0.05) is 72.8 Å². The minimum absolute atomic E-state index is 0.0542. The van der Waals surface area contributed by atoms with Crippen molar-refractivity contribution in [3.8, 4) is 0 Å². The first-order chi connectivity index (χ1) is 19.0. The Morgan fingerprint density at radius 3 is 2.23 bits per heavy atom. The second-order valence-electron chi connectivity index (χ2n) is 9.17. The molecule has 0 unspecified atom stereocenters. The molecule has 0 bridgehead atoms. The molecule has 0 radical (unpaired) electrons. The summed E-state index contributed by atoms with van der Waals surface area (Å²) in [4.78, 5) is 40.0. The van der Waals surface area contributed by atoms with E-state index in [0.29, 0.717) is 19.6 Å². The standard InChI is InChI=1S/C31H40N2O6/c1-3-5-17-30(36)39-24-28(23-38-22-26-15-10-7-11-16-26)32-31(37)27(12-4-2)20-29(35)33(18-19-34)21-25-13-8-6-9-14-25/h3-4,6-11,13-16,27-28,34H,1-2,5,12,17-24H2,(H,32,37)/t27-,28-/m0/s1. The predicted octanol–water partition coefficient (Wildman–Crippen LogP) is 3.80. The minimum atomic E-state index is -0.681. The Bertz CT molecular complexity index is 1030. The SMILES string of the molecule is C=CCCC(=O)OC[C@H](COCc1ccccc1)NC(=O)[C@@H](CC=C)CC(=O)N(CCO)Cc1ccccc1. The van der Waals surface area contributed by atoms with E-state index < -0.39 is 17.9 Å². The van der Waals surface area contributed by atoms with E-state index in [2.05, 4.69) is 18.5 Å². The number of allylic oxidation sites excluding steroid dienone is 2. The molecular weight excluding hydrogens is 496 g/mol. The number of nitrogens with zero attached hydrogens (tertiary/aromatic N) is 1. The van der Waals surface area contributed by atoms with Gasteiger partial charge in [0.05, 0.1) is 31.8 Å². The van der Waals surface area contributed by atoms with Crippen LogP contribution in [0.4, 0.5) is 0 Å². The summed E-state index contributed by atoms with van der Waals surface area (Å²) in [7, 11) is 0. The number of nitrogens with one attached hydrogen (secondary N) is 1. The highest BCUT2D eigenvalue weighted by atomic mass is 16.5. The first-order valence-electron chi connectivity index (χ1n) is 13.2. The normalized spacial score (nSPS) is 12.1. The molecule has 0 aliphatic carbocycles. The van der Waals surface area contributed by atoms with Crippen molar-refractivity contribution >= 4 is 17.8 Å². The minimum Gasteiger partial charge on any atom is -0.463 e. The molecule has 0 aliphatic rings. The molecule has 0 heterocycles. The van der Waals surface area contributed by atoms with Gasteiger partial charge in [0.25, 0.3) is 0 Å². The molecule has 0 fully saturated rings. The van der Waals surface area contributed by atoms with Gasteiger partial charge in [0, 0.05) is 25.9 Å². The fourth-order valence-electron chi connectivity index (χ4n) is 3.87. The summed E-state index contributed by atoms with van der Waals surface area (Å²) >= 11 is 0. The Morgan fingerprint density at radius 2 is 1.62 bits per heavy atom. The average Bonchev–Trinajstić information content (AvgIpc) is 2.95. The number of ether oxygens (including phenoxy) is 2. The summed E-state index contributed by atoms with van der Waals surface area (Å²) in [5, 5.41) is 12.4. The summed E-state index contributed by atoms with van der Waals surface area (Å²) in [5.74, 6) is -1.68. The van der Waals surface area contributed by atoms with Crippen LogP contribution in [-0.4, -0.2) is 60.2 Å². The van der Waals surface area contributed by atoms with Crippen molar-refractivity contribution in [1.82, 2.24) is 10.2 Å². The van der Waals surface area contributed by atoms with Gasteiger partial charge >= 0.3 is 5.97 Å². The maximum Gasteiger partial charge on any atom is 0.306 e. The van der Waals surface area contributed by atoms with E-state index >= 15 is 0 Å². The van der Waals surface area contributed by atoms with Crippen molar-refractivity contribution in [3.63, 3.8) is 0 Å². The Kier molecular flexibility index (Phi) is 14.9. The molecular formula is C31H40N2O6. The number of aliphatic hydroxyl groups excluding tert-OH is 1. The van der Waals surface area contributed by atoms with Crippen molar-refractivity contribution in [2.75, 3.05) is 26.4 Å². The van der Waals surface area contributed by atoms with Gasteiger partial charge in [-0.05, 0) is 24.0 Å². The van der Waals surface area contributed by atoms with Crippen LogP contribution in [0.15, 0.2) is 86.0 Å².